The second-order valence-corrected chi connectivity index (χ2v) is 5.90. The quantitative estimate of drug-likeness (QED) is 0.876. The molecule has 2 aromatic rings. The van der Waals surface area contributed by atoms with Gasteiger partial charge in [0.1, 0.15) is 0 Å². The third kappa shape index (κ3) is 3.25. The van der Waals surface area contributed by atoms with E-state index in [4.69, 9.17) is 0 Å². The molecule has 0 unspecified atom stereocenters. The van der Waals surface area contributed by atoms with Crippen LogP contribution >= 0.6 is 15.9 Å². The predicted molar refractivity (Wildman–Crippen MR) is 81.9 cm³/mol. The Morgan fingerprint density at radius 3 is 2.45 bits per heavy atom. The first-order valence-electron chi connectivity index (χ1n) is 6.48. The lowest BCUT2D eigenvalue weighted by atomic mass is 10.0. The molecule has 1 heterocycles. The first kappa shape index (κ1) is 14.7. The highest BCUT2D eigenvalue weighted by atomic mass is 79.9. The number of halogens is 1. The van der Waals surface area contributed by atoms with Crippen molar-refractivity contribution in [1.82, 2.24) is 0 Å². The highest BCUT2D eigenvalue weighted by molar-refractivity contribution is 9.10. The van der Waals surface area contributed by atoms with Crippen LogP contribution in [0, 0.1) is 0 Å². The van der Waals surface area contributed by atoms with Gasteiger partial charge in [-0.2, -0.15) is 0 Å². The SMILES string of the molecule is CC(C)c1cc(C[n+]2ccccc2)cc(Br)c(=O)c1O. The van der Waals surface area contributed by atoms with E-state index in [0.29, 0.717) is 16.6 Å². The minimum absolute atomic E-state index is 0.0847. The van der Waals surface area contributed by atoms with Crippen LogP contribution in [0.15, 0.2) is 52.0 Å². The molecule has 0 aliphatic heterocycles. The Balaban J connectivity index is 2.55. The van der Waals surface area contributed by atoms with Crippen molar-refractivity contribution in [3.8, 4) is 5.75 Å². The van der Waals surface area contributed by atoms with Crippen molar-refractivity contribution in [2.45, 2.75) is 26.3 Å². The third-order valence-electron chi connectivity index (χ3n) is 3.12. The van der Waals surface area contributed by atoms with Crippen molar-refractivity contribution in [3.63, 3.8) is 0 Å². The maximum atomic E-state index is 12.0. The Morgan fingerprint density at radius 2 is 1.85 bits per heavy atom. The number of hydrogen-bond donors (Lipinski definition) is 1. The highest BCUT2D eigenvalue weighted by Gasteiger charge is 2.13. The summed E-state index contributed by atoms with van der Waals surface area (Å²) in [6, 6.07) is 9.54. The minimum Gasteiger partial charge on any atom is -0.504 e. The summed E-state index contributed by atoms with van der Waals surface area (Å²) in [5.41, 5.74) is 1.28. The van der Waals surface area contributed by atoms with Gasteiger partial charge < -0.3 is 5.11 Å². The zero-order valence-corrected chi connectivity index (χ0v) is 13.1. The van der Waals surface area contributed by atoms with E-state index in [0.717, 1.165) is 5.56 Å². The minimum atomic E-state index is -0.363. The molecule has 0 radical (unpaired) electrons. The van der Waals surface area contributed by atoms with Gasteiger partial charge in [0, 0.05) is 23.3 Å². The van der Waals surface area contributed by atoms with E-state index < -0.39 is 0 Å². The number of rotatable bonds is 3. The summed E-state index contributed by atoms with van der Waals surface area (Å²) in [7, 11) is 0. The van der Waals surface area contributed by atoms with E-state index in [9.17, 15) is 9.90 Å². The van der Waals surface area contributed by atoms with Gasteiger partial charge in [-0.15, -0.1) is 0 Å². The standard InChI is InChI=1S/C16H16BrNO2/c1-11(2)13-8-12(9-14(17)16(20)15(13)19)10-18-6-4-3-5-7-18/h3-9,11H,10H2,1-2H3/p+1. The van der Waals surface area contributed by atoms with Crippen LogP contribution in [0.2, 0.25) is 0 Å². The summed E-state index contributed by atoms with van der Waals surface area (Å²) in [4.78, 5) is 12.0. The van der Waals surface area contributed by atoms with Crippen LogP contribution in [0.5, 0.6) is 5.75 Å². The fourth-order valence-corrected chi connectivity index (χ4v) is 2.55. The number of nitrogens with zero attached hydrogens (tertiary/aromatic N) is 1. The van der Waals surface area contributed by atoms with E-state index in [2.05, 4.69) is 15.9 Å². The molecule has 3 nitrogen and oxygen atoms in total. The van der Waals surface area contributed by atoms with Crippen LogP contribution in [0.3, 0.4) is 0 Å². The largest absolute Gasteiger partial charge is 0.504 e. The first-order valence-corrected chi connectivity index (χ1v) is 7.28. The summed E-state index contributed by atoms with van der Waals surface area (Å²) >= 11 is 3.24. The van der Waals surface area contributed by atoms with Crippen LogP contribution in [-0.4, -0.2) is 5.11 Å². The van der Waals surface area contributed by atoms with Gasteiger partial charge in [-0.3, -0.25) is 4.79 Å². The lowest BCUT2D eigenvalue weighted by Crippen LogP contribution is -2.32. The van der Waals surface area contributed by atoms with Gasteiger partial charge in [-0.05, 0) is 34.0 Å². The molecule has 4 heteroatoms. The molecule has 1 N–H and O–H groups in total. The second-order valence-electron chi connectivity index (χ2n) is 5.05. The molecule has 1 aromatic carbocycles. The Hall–Kier alpha value is -1.68. The third-order valence-corrected chi connectivity index (χ3v) is 3.71. The highest BCUT2D eigenvalue weighted by Crippen LogP contribution is 2.24. The summed E-state index contributed by atoms with van der Waals surface area (Å²) in [6.07, 6.45) is 3.93. The topological polar surface area (TPSA) is 41.2 Å². The van der Waals surface area contributed by atoms with Gasteiger partial charge in [0.2, 0.25) is 5.43 Å². The molecule has 0 saturated heterocycles. The van der Waals surface area contributed by atoms with Crippen LogP contribution in [0.4, 0.5) is 0 Å². The zero-order valence-electron chi connectivity index (χ0n) is 11.5. The fraction of sp³-hybridized carbons (Fsp3) is 0.250. The fourth-order valence-electron chi connectivity index (χ4n) is 2.06. The molecule has 0 fully saturated rings. The van der Waals surface area contributed by atoms with Crippen molar-refractivity contribution in [1.29, 1.82) is 0 Å². The van der Waals surface area contributed by atoms with Crippen LogP contribution in [0.1, 0.15) is 30.9 Å². The Kier molecular flexibility index (Phi) is 4.55. The maximum absolute atomic E-state index is 12.0. The Labute approximate surface area is 126 Å². The van der Waals surface area contributed by atoms with E-state index >= 15 is 0 Å². The van der Waals surface area contributed by atoms with E-state index in [-0.39, 0.29) is 17.1 Å². The Bertz CT molecular complexity index is 669. The van der Waals surface area contributed by atoms with Crippen LogP contribution in [0.25, 0.3) is 0 Å². The molecule has 1 aromatic heterocycles. The van der Waals surface area contributed by atoms with Crippen LogP contribution in [-0.2, 0) is 6.54 Å². The van der Waals surface area contributed by atoms with Crippen molar-refractivity contribution >= 4 is 15.9 Å². The lowest BCUT2D eigenvalue weighted by molar-refractivity contribution is -0.688. The van der Waals surface area contributed by atoms with Gasteiger partial charge in [0.15, 0.2) is 24.7 Å². The molecule has 2 rings (SSSR count). The maximum Gasteiger partial charge on any atom is 0.234 e. The van der Waals surface area contributed by atoms with Gasteiger partial charge in [0.25, 0.3) is 0 Å². The van der Waals surface area contributed by atoms with Crippen LogP contribution < -0.4 is 10.00 Å². The molecule has 104 valence electrons. The van der Waals surface area contributed by atoms with Crippen molar-refractivity contribution in [3.05, 3.63) is 68.5 Å². The van der Waals surface area contributed by atoms with Crippen molar-refractivity contribution in [2.75, 3.05) is 0 Å². The van der Waals surface area contributed by atoms with Crippen molar-refractivity contribution in [2.24, 2.45) is 0 Å². The molecular formula is C16H17BrNO2+. The average molecular weight is 335 g/mol. The molecular weight excluding hydrogens is 318 g/mol. The number of aromatic hydroxyl groups is 1. The summed E-state index contributed by atoms with van der Waals surface area (Å²) < 4.78 is 2.40. The lowest BCUT2D eigenvalue weighted by Gasteiger charge is -2.04. The second kappa shape index (κ2) is 6.18. The van der Waals surface area contributed by atoms with Gasteiger partial charge in [-0.1, -0.05) is 19.9 Å². The van der Waals surface area contributed by atoms with Gasteiger partial charge in [-0.25, -0.2) is 4.57 Å². The molecule has 0 bridgehead atoms. The Morgan fingerprint density at radius 1 is 1.20 bits per heavy atom. The van der Waals surface area contributed by atoms with E-state index in [1.165, 1.54) is 0 Å². The zero-order chi connectivity index (χ0) is 14.7. The molecule has 0 amide bonds. The molecule has 20 heavy (non-hydrogen) atoms. The summed E-state index contributed by atoms with van der Waals surface area (Å²) in [6.45, 7) is 4.57. The van der Waals surface area contributed by atoms with Gasteiger partial charge in [0.05, 0.1) is 4.47 Å². The molecule has 0 aliphatic rings. The number of aromatic nitrogens is 1. The molecule has 0 spiro atoms. The van der Waals surface area contributed by atoms with Gasteiger partial charge >= 0.3 is 0 Å². The number of pyridine rings is 1. The monoisotopic (exact) mass is 334 g/mol. The summed E-state index contributed by atoms with van der Waals surface area (Å²) in [5, 5.41) is 10.1. The molecule has 0 saturated carbocycles. The first-order chi connectivity index (χ1) is 9.49. The van der Waals surface area contributed by atoms with E-state index in [1.54, 1.807) is 6.07 Å². The average Bonchev–Trinajstić information content (AvgIpc) is 2.52. The smallest absolute Gasteiger partial charge is 0.234 e. The summed E-state index contributed by atoms with van der Waals surface area (Å²) in [5.74, 6) is -0.0855. The number of hydrogen-bond acceptors (Lipinski definition) is 2. The normalized spacial score (nSPS) is 10.8. The van der Waals surface area contributed by atoms with E-state index in [1.807, 2.05) is 55.1 Å². The predicted octanol–water partition coefficient (Wildman–Crippen LogP) is 2.97. The van der Waals surface area contributed by atoms with Crippen molar-refractivity contribution < 1.29 is 9.67 Å². The molecule has 0 atom stereocenters. The molecule has 0 aliphatic carbocycles.